The molecule has 0 saturated carbocycles. The highest BCUT2D eigenvalue weighted by Gasteiger charge is 2.32. The van der Waals surface area contributed by atoms with Crippen LogP contribution < -0.4 is 14.2 Å². The highest BCUT2D eigenvalue weighted by molar-refractivity contribution is 9.10. The zero-order valence-electron chi connectivity index (χ0n) is 20.6. The molecule has 0 atom stereocenters. The van der Waals surface area contributed by atoms with E-state index in [1.165, 1.54) is 17.3 Å². The van der Waals surface area contributed by atoms with Crippen LogP contribution in [0.1, 0.15) is 23.6 Å². The highest BCUT2D eigenvalue weighted by atomic mass is 79.9. The van der Waals surface area contributed by atoms with Gasteiger partial charge in [0.2, 0.25) is 0 Å². The van der Waals surface area contributed by atoms with Gasteiger partial charge in [0.25, 0.3) is 5.91 Å². The standard InChI is InChI=1S/C28H27BrN2O4S/c1-5-31-27(32)25(36-28(31)30-21-9-11-22(33-3)12-10-21)16-20-14-23(29)26(24(15-20)34-4)35-17-19-8-6-7-18(2)13-19/h6-16H,5,17H2,1-4H3/b25-16+,30-28?. The monoisotopic (exact) mass is 566 g/mol. The van der Waals surface area contributed by atoms with Crippen molar-refractivity contribution in [3.05, 3.63) is 86.7 Å². The average Bonchev–Trinajstić information content (AvgIpc) is 3.16. The summed E-state index contributed by atoms with van der Waals surface area (Å²) in [6, 6.07) is 19.4. The van der Waals surface area contributed by atoms with Crippen molar-refractivity contribution in [2.45, 2.75) is 20.5 Å². The molecule has 8 heteroatoms. The molecule has 1 amide bonds. The molecule has 0 N–H and O–H groups in total. The number of methoxy groups -OCH3 is 2. The average molecular weight is 568 g/mol. The van der Waals surface area contributed by atoms with E-state index in [1.54, 1.807) is 19.1 Å². The van der Waals surface area contributed by atoms with Crippen LogP contribution in [0, 0.1) is 6.92 Å². The third-order valence-corrected chi connectivity index (χ3v) is 7.11. The van der Waals surface area contributed by atoms with Crippen molar-refractivity contribution >= 4 is 50.5 Å². The minimum absolute atomic E-state index is 0.0791. The zero-order chi connectivity index (χ0) is 25.7. The molecule has 0 bridgehead atoms. The van der Waals surface area contributed by atoms with Gasteiger partial charge in [-0.3, -0.25) is 9.69 Å². The molecule has 0 spiro atoms. The van der Waals surface area contributed by atoms with E-state index in [0.29, 0.717) is 34.7 Å². The molecule has 3 aromatic rings. The summed E-state index contributed by atoms with van der Waals surface area (Å²) in [4.78, 5) is 20.1. The highest BCUT2D eigenvalue weighted by Crippen LogP contribution is 2.40. The third kappa shape index (κ3) is 5.94. The third-order valence-electron chi connectivity index (χ3n) is 5.52. The first-order valence-electron chi connectivity index (χ1n) is 11.4. The molecule has 1 fully saturated rings. The number of amidine groups is 1. The van der Waals surface area contributed by atoms with Crippen molar-refractivity contribution in [2.75, 3.05) is 20.8 Å². The van der Waals surface area contributed by atoms with Crippen LogP contribution in [-0.2, 0) is 11.4 Å². The topological polar surface area (TPSA) is 60.4 Å². The number of hydrogen-bond acceptors (Lipinski definition) is 6. The Morgan fingerprint density at radius 2 is 1.83 bits per heavy atom. The number of thioether (sulfide) groups is 1. The molecule has 1 aliphatic heterocycles. The van der Waals surface area contributed by atoms with Gasteiger partial charge < -0.3 is 14.2 Å². The van der Waals surface area contributed by atoms with Gasteiger partial charge in [0.1, 0.15) is 12.4 Å². The Bertz CT molecular complexity index is 1320. The molecule has 0 aliphatic carbocycles. The van der Waals surface area contributed by atoms with Gasteiger partial charge in [-0.15, -0.1) is 0 Å². The van der Waals surface area contributed by atoms with E-state index in [9.17, 15) is 4.79 Å². The lowest BCUT2D eigenvalue weighted by atomic mass is 10.1. The number of aryl methyl sites for hydroxylation is 1. The second-order valence-electron chi connectivity index (χ2n) is 8.06. The predicted molar refractivity (Wildman–Crippen MR) is 149 cm³/mol. The molecular weight excluding hydrogens is 540 g/mol. The van der Waals surface area contributed by atoms with E-state index in [1.807, 2.05) is 61.5 Å². The lowest BCUT2D eigenvalue weighted by Gasteiger charge is -2.14. The van der Waals surface area contributed by atoms with E-state index in [-0.39, 0.29) is 5.91 Å². The largest absolute Gasteiger partial charge is 0.497 e. The molecule has 36 heavy (non-hydrogen) atoms. The number of hydrogen-bond donors (Lipinski definition) is 0. The van der Waals surface area contributed by atoms with Crippen molar-refractivity contribution in [3.63, 3.8) is 0 Å². The van der Waals surface area contributed by atoms with Crippen molar-refractivity contribution in [2.24, 2.45) is 4.99 Å². The molecule has 1 aliphatic rings. The van der Waals surface area contributed by atoms with Gasteiger partial charge in [-0.1, -0.05) is 29.8 Å². The number of carbonyl (C=O) groups is 1. The van der Waals surface area contributed by atoms with Gasteiger partial charge in [0.15, 0.2) is 16.7 Å². The molecule has 186 valence electrons. The quantitative estimate of drug-likeness (QED) is 0.275. The molecular formula is C28H27BrN2O4S. The molecule has 4 rings (SSSR count). The van der Waals surface area contributed by atoms with E-state index in [2.05, 4.69) is 40.0 Å². The van der Waals surface area contributed by atoms with Gasteiger partial charge in [-0.25, -0.2) is 4.99 Å². The maximum atomic E-state index is 13.1. The maximum Gasteiger partial charge on any atom is 0.266 e. The summed E-state index contributed by atoms with van der Waals surface area (Å²) in [7, 11) is 3.23. The van der Waals surface area contributed by atoms with E-state index >= 15 is 0 Å². The number of carbonyl (C=O) groups excluding carboxylic acids is 1. The number of benzene rings is 3. The number of amides is 1. The van der Waals surface area contributed by atoms with Crippen molar-refractivity contribution in [1.29, 1.82) is 0 Å². The van der Waals surface area contributed by atoms with Crippen LogP contribution in [0.25, 0.3) is 6.08 Å². The van der Waals surface area contributed by atoms with Crippen LogP contribution in [0.4, 0.5) is 5.69 Å². The summed E-state index contributed by atoms with van der Waals surface area (Å²) >= 11 is 4.97. The Morgan fingerprint density at radius 3 is 2.50 bits per heavy atom. The van der Waals surface area contributed by atoms with Gasteiger partial charge in [0, 0.05) is 6.54 Å². The van der Waals surface area contributed by atoms with E-state index in [0.717, 1.165) is 27.0 Å². The Morgan fingerprint density at radius 1 is 1.06 bits per heavy atom. The smallest absolute Gasteiger partial charge is 0.266 e. The minimum atomic E-state index is -0.0791. The van der Waals surface area contributed by atoms with Crippen LogP contribution in [0.15, 0.2) is 75.0 Å². The predicted octanol–water partition coefficient (Wildman–Crippen LogP) is 6.98. The Balaban J connectivity index is 1.58. The van der Waals surface area contributed by atoms with E-state index < -0.39 is 0 Å². The molecule has 1 saturated heterocycles. The van der Waals surface area contributed by atoms with Gasteiger partial charge in [0.05, 0.1) is 29.3 Å². The number of nitrogens with zero attached hydrogens (tertiary/aromatic N) is 2. The normalized spacial score (nSPS) is 15.6. The van der Waals surface area contributed by atoms with Gasteiger partial charge in [-0.05, 0) is 95.1 Å². The second kappa shape index (κ2) is 11.7. The molecule has 1 heterocycles. The maximum absolute atomic E-state index is 13.1. The first kappa shape index (κ1) is 25.9. The van der Waals surface area contributed by atoms with Crippen LogP contribution in [0.3, 0.4) is 0 Å². The fourth-order valence-electron chi connectivity index (χ4n) is 3.71. The SMILES string of the molecule is CCN1C(=O)/C(=C\c2cc(Br)c(OCc3cccc(C)c3)c(OC)c2)SC1=Nc1ccc(OC)cc1. The van der Waals surface area contributed by atoms with Crippen molar-refractivity contribution in [1.82, 2.24) is 4.90 Å². The minimum Gasteiger partial charge on any atom is -0.497 e. The van der Waals surface area contributed by atoms with Crippen molar-refractivity contribution < 1.29 is 19.0 Å². The fourth-order valence-corrected chi connectivity index (χ4v) is 5.35. The summed E-state index contributed by atoms with van der Waals surface area (Å²) < 4.78 is 17.6. The Hall–Kier alpha value is -3.23. The first-order chi connectivity index (χ1) is 17.4. The number of likely N-dealkylation sites (N-methyl/N-ethyl adjacent to an activating group) is 1. The molecule has 0 radical (unpaired) electrons. The number of ether oxygens (including phenoxy) is 3. The summed E-state index contributed by atoms with van der Waals surface area (Å²) in [5.74, 6) is 1.87. The van der Waals surface area contributed by atoms with Crippen LogP contribution in [0.5, 0.6) is 17.2 Å². The lowest BCUT2D eigenvalue weighted by Crippen LogP contribution is -2.28. The molecule has 3 aromatic carbocycles. The number of aliphatic imine (C=N–C) groups is 1. The van der Waals surface area contributed by atoms with E-state index in [4.69, 9.17) is 14.2 Å². The summed E-state index contributed by atoms with van der Waals surface area (Å²) in [5.41, 5.74) is 3.83. The van der Waals surface area contributed by atoms with Crippen molar-refractivity contribution in [3.8, 4) is 17.2 Å². The van der Waals surface area contributed by atoms with Crippen LogP contribution in [0.2, 0.25) is 0 Å². The van der Waals surface area contributed by atoms with Gasteiger partial charge >= 0.3 is 0 Å². The first-order valence-corrected chi connectivity index (χ1v) is 13.0. The summed E-state index contributed by atoms with van der Waals surface area (Å²) in [6.45, 7) is 4.93. The summed E-state index contributed by atoms with van der Waals surface area (Å²) in [5, 5.41) is 0.642. The number of halogens is 1. The zero-order valence-corrected chi connectivity index (χ0v) is 23.0. The fraction of sp³-hybridized carbons (Fsp3) is 0.214. The Labute approximate surface area is 224 Å². The summed E-state index contributed by atoms with van der Waals surface area (Å²) in [6.07, 6.45) is 1.85. The number of rotatable bonds is 8. The molecule has 6 nitrogen and oxygen atoms in total. The lowest BCUT2D eigenvalue weighted by molar-refractivity contribution is -0.122. The van der Waals surface area contributed by atoms with Crippen LogP contribution >= 0.6 is 27.7 Å². The van der Waals surface area contributed by atoms with Crippen LogP contribution in [-0.4, -0.2) is 36.7 Å². The molecule has 0 unspecified atom stereocenters. The Kier molecular flexibility index (Phi) is 8.38. The van der Waals surface area contributed by atoms with Gasteiger partial charge in [-0.2, -0.15) is 0 Å². The second-order valence-corrected chi connectivity index (χ2v) is 9.93. The molecule has 0 aromatic heterocycles.